The molecule has 1 fully saturated rings. The van der Waals surface area contributed by atoms with Crippen molar-refractivity contribution < 1.29 is 28.2 Å². The molecule has 0 bridgehead atoms. The van der Waals surface area contributed by atoms with Crippen molar-refractivity contribution in [1.29, 1.82) is 0 Å². The maximum absolute atomic E-state index is 11.7. The lowest BCUT2D eigenvalue weighted by atomic mass is 10.3. The van der Waals surface area contributed by atoms with E-state index in [1.165, 1.54) is 4.31 Å². The van der Waals surface area contributed by atoms with Crippen molar-refractivity contribution in [1.82, 2.24) is 9.03 Å². The maximum Gasteiger partial charge on any atom is 0.332 e. The zero-order chi connectivity index (χ0) is 12.9. The Hall–Kier alpha value is -0.740. The summed E-state index contributed by atoms with van der Waals surface area (Å²) >= 11 is 0. The van der Waals surface area contributed by atoms with Crippen molar-refractivity contribution in [3.63, 3.8) is 0 Å². The van der Waals surface area contributed by atoms with Gasteiger partial charge in [0.2, 0.25) is 0 Å². The first-order chi connectivity index (χ1) is 7.93. The van der Waals surface area contributed by atoms with E-state index in [-0.39, 0.29) is 26.1 Å². The molecule has 0 aliphatic carbocycles. The van der Waals surface area contributed by atoms with Gasteiger partial charge in [-0.2, -0.15) is 12.7 Å². The van der Waals surface area contributed by atoms with Crippen molar-refractivity contribution in [3.05, 3.63) is 0 Å². The Morgan fingerprint density at radius 2 is 2.00 bits per heavy atom. The van der Waals surface area contributed by atoms with E-state index in [9.17, 15) is 13.2 Å². The molecule has 100 valence electrons. The fourth-order valence-corrected chi connectivity index (χ4v) is 2.51. The van der Waals surface area contributed by atoms with Gasteiger partial charge in [0.25, 0.3) is 10.2 Å². The lowest BCUT2D eigenvalue weighted by molar-refractivity contribution is -0.146. The van der Waals surface area contributed by atoms with E-state index < -0.39 is 22.3 Å². The Morgan fingerprint density at radius 1 is 1.41 bits per heavy atom. The number of hydrogen-bond donors (Lipinski definition) is 3. The zero-order valence-corrected chi connectivity index (χ0v) is 10.0. The first-order valence-electron chi connectivity index (χ1n) is 5.17. The first-order valence-corrected chi connectivity index (χ1v) is 6.61. The second-order valence-electron chi connectivity index (χ2n) is 3.55. The third kappa shape index (κ3) is 4.56. The Balaban J connectivity index is 2.36. The molecule has 1 heterocycles. The van der Waals surface area contributed by atoms with Crippen LogP contribution in [0.25, 0.3) is 0 Å². The highest BCUT2D eigenvalue weighted by atomic mass is 32.2. The number of hydrogen-bond acceptors (Lipinski definition) is 5. The van der Waals surface area contributed by atoms with E-state index in [1.807, 2.05) is 0 Å². The van der Waals surface area contributed by atoms with Gasteiger partial charge in [-0.3, -0.25) is 0 Å². The first kappa shape index (κ1) is 14.3. The van der Waals surface area contributed by atoms with Crippen molar-refractivity contribution in [3.8, 4) is 0 Å². The minimum absolute atomic E-state index is 0.118. The van der Waals surface area contributed by atoms with Crippen LogP contribution in [0.15, 0.2) is 0 Å². The summed E-state index contributed by atoms with van der Waals surface area (Å²) in [4.78, 5) is 10.3. The van der Waals surface area contributed by atoms with E-state index in [2.05, 4.69) is 4.72 Å². The number of nitrogens with one attached hydrogen (secondary N) is 1. The van der Waals surface area contributed by atoms with Crippen LogP contribution in [-0.4, -0.2) is 67.9 Å². The summed E-state index contributed by atoms with van der Waals surface area (Å²) in [5.74, 6) is -1.37. The molecule has 1 aliphatic rings. The minimum atomic E-state index is -3.61. The highest BCUT2D eigenvalue weighted by molar-refractivity contribution is 7.87. The molecule has 8 nitrogen and oxygen atoms in total. The third-order valence-electron chi connectivity index (χ3n) is 2.30. The topological polar surface area (TPSA) is 116 Å². The number of aliphatic hydroxyl groups is 1. The van der Waals surface area contributed by atoms with E-state index >= 15 is 0 Å². The normalized spacial score (nSPS) is 20.1. The quantitative estimate of drug-likeness (QED) is 0.512. The van der Waals surface area contributed by atoms with Crippen LogP contribution in [0.2, 0.25) is 0 Å². The molecule has 0 radical (unpaired) electrons. The van der Waals surface area contributed by atoms with E-state index in [1.54, 1.807) is 0 Å². The number of nitrogens with zero attached hydrogens (tertiary/aromatic N) is 1. The Morgan fingerprint density at radius 3 is 2.53 bits per heavy atom. The van der Waals surface area contributed by atoms with Gasteiger partial charge in [-0.25, -0.2) is 9.52 Å². The van der Waals surface area contributed by atoms with Crippen LogP contribution < -0.4 is 4.72 Å². The third-order valence-corrected chi connectivity index (χ3v) is 3.91. The number of aliphatic carboxylic acids is 1. The number of carboxylic acids is 1. The van der Waals surface area contributed by atoms with Gasteiger partial charge in [-0.05, 0) is 6.42 Å². The number of carbonyl (C=O) groups is 1. The van der Waals surface area contributed by atoms with Gasteiger partial charge in [0.15, 0.2) is 6.10 Å². The summed E-state index contributed by atoms with van der Waals surface area (Å²) in [6.45, 7) is 1.12. The number of aliphatic hydroxyl groups excluding tert-OH is 1. The van der Waals surface area contributed by atoms with Gasteiger partial charge in [-0.15, -0.1) is 0 Å². The van der Waals surface area contributed by atoms with Crippen LogP contribution in [0.4, 0.5) is 0 Å². The summed E-state index contributed by atoms with van der Waals surface area (Å²) < 4.78 is 31.8. The van der Waals surface area contributed by atoms with Crippen LogP contribution in [0, 0.1) is 0 Å². The van der Waals surface area contributed by atoms with Crippen molar-refractivity contribution in [2.75, 3.05) is 32.8 Å². The van der Waals surface area contributed by atoms with Crippen LogP contribution in [0.1, 0.15) is 6.42 Å². The molecule has 0 saturated carbocycles. The minimum Gasteiger partial charge on any atom is -0.479 e. The summed E-state index contributed by atoms with van der Waals surface area (Å²) in [5, 5.41) is 17.4. The molecular formula is C8H16N2O6S. The summed E-state index contributed by atoms with van der Waals surface area (Å²) in [7, 11) is -3.61. The standard InChI is InChI=1S/C8H16N2O6S/c11-7(8(12)13)1-2-9-17(14,15)10-3-5-16-6-4-10/h7,9,11H,1-6H2,(H,12,13)/t7-/m0/s1. The van der Waals surface area contributed by atoms with Crippen LogP contribution in [0.5, 0.6) is 0 Å². The predicted molar refractivity (Wildman–Crippen MR) is 57.6 cm³/mol. The predicted octanol–water partition coefficient (Wildman–Crippen LogP) is -2.01. The fraction of sp³-hybridized carbons (Fsp3) is 0.875. The van der Waals surface area contributed by atoms with Crippen molar-refractivity contribution in [2.45, 2.75) is 12.5 Å². The Bertz CT molecular complexity index is 351. The molecule has 3 N–H and O–H groups in total. The number of carboxylic acid groups (broad SMARTS) is 1. The molecule has 0 amide bonds. The molecule has 17 heavy (non-hydrogen) atoms. The SMILES string of the molecule is O=C(O)[C@@H](O)CCNS(=O)(=O)N1CCOCC1. The molecule has 1 atom stereocenters. The van der Waals surface area contributed by atoms with Crippen LogP contribution in [0.3, 0.4) is 0 Å². The molecule has 1 rings (SSSR count). The molecule has 9 heteroatoms. The molecule has 0 spiro atoms. The smallest absolute Gasteiger partial charge is 0.332 e. The van der Waals surface area contributed by atoms with Crippen LogP contribution in [-0.2, 0) is 19.7 Å². The molecule has 1 saturated heterocycles. The average molecular weight is 268 g/mol. The van der Waals surface area contributed by atoms with E-state index in [0.717, 1.165) is 0 Å². The number of morpholine rings is 1. The van der Waals surface area contributed by atoms with Gasteiger partial charge >= 0.3 is 5.97 Å². The highest BCUT2D eigenvalue weighted by Gasteiger charge is 2.24. The van der Waals surface area contributed by atoms with Gasteiger partial charge in [0.1, 0.15) is 0 Å². The molecule has 1 aliphatic heterocycles. The maximum atomic E-state index is 11.7. The lowest BCUT2D eigenvalue weighted by Gasteiger charge is -2.26. The monoisotopic (exact) mass is 268 g/mol. The second kappa shape index (κ2) is 6.26. The van der Waals surface area contributed by atoms with Crippen LogP contribution >= 0.6 is 0 Å². The Kier molecular flexibility index (Phi) is 5.28. The lowest BCUT2D eigenvalue weighted by Crippen LogP contribution is -2.47. The zero-order valence-electron chi connectivity index (χ0n) is 9.20. The van der Waals surface area contributed by atoms with Crippen molar-refractivity contribution in [2.24, 2.45) is 0 Å². The van der Waals surface area contributed by atoms with Gasteiger partial charge in [0.05, 0.1) is 13.2 Å². The van der Waals surface area contributed by atoms with E-state index in [0.29, 0.717) is 13.2 Å². The fourth-order valence-electron chi connectivity index (χ4n) is 1.33. The molecule has 0 aromatic rings. The van der Waals surface area contributed by atoms with Crippen molar-refractivity contribution >= 4 is 16.2 Å². The molecular weight excluding hydrogens is 252 g/mol. The summed E-state index contributed by atoms with van der Waals surface area (Å²) in [6, 6.07) is 0. The van der Waals surface area contributed by atoms with Gasteiger partial charge in [-0.1, -0.05) is 0 Å². The number of rotatable bonds is 6. The summed E-state index contributed by atoms with van der Waals surface area (Å²) in [6.07, 6.45) is -1.72. The van der Waals surface area contributed by atoms with Gasteiger partial charge < -0.3 is 14.9 Å². The summed E-state index contributed by atoms with van der Waals surface area (Å²) in [5.41, 5.74) is 0. The molecule has 0 aromatic carbocycles. The van der Waals surface area contributed by atoms with Gasteiger partial charge in [0, 0.05) is 19.6 Å². The van der Waals surface area contributed by atoms with E-state index in [4.69, 9.17) is 14.9 Å². The highest BCUT2D eigenvalue weighted by Crippen LogP contribution is 2.03. The second-order valence-corrected chi connectivity index (χ2v) is 5.31. The average Bonchev–Trinajstić information content (AvgIpc) is 2.29. The molecule has 0 unspecified atom stereocenters. The number of ether oxygens (including phenoxy) is 1. The molecule has 0 aromatic heterocycles. The Labute approximate surface area is 99.4 Å². The largest absolute Gasteiger partial charge is 0.479 e.